The highest BCUT2D eigenvalue weighted by molar-refractivity contribution is 4.51. The zero-order valence-electron chi connectivity index (χ0n) is 5.94. The van der Waals surface area contributed by atoms with Gasteiger partial charge in [-0.05, 0) is 25.7 Å². The highest BCUT2D eigenvalue weighted by Crippen LogP contribution is 2.03. The normalized spacial score (nSPS) is 13.7. The van der Waals surface area contributed by atoms with Gasteiger partial charge in [0.05, 0.1) is 12.8 Å². The molecule has 1 unspecified atom stereocenters. The number of alkyl halides is 1. The summed E-state index contributed by atoms with van der Waals surface area (Å²) in [5.41, 5.74) is 0. The van der Waals surface area contributed by atoms with Crippen LogP contribution in [0.4, 0.5) is 4.39 Å². The molecule has 0 saturated carbocycles. The molecule has 0 saturated heterocycles. The second kappa shape index (κ2) is 6.02. The van der Waals surface area contributed by atoms with Crippen molar-refractivity contribution >= 4 is 0 Å². The number of rotatable bonds is 5. The molecule has 0 spiro atoms. The number of aliphatic hydroxyl groups excluding tert-OH is 1. The Kier molecular flexibility index (Phi) is 5.94. The third-order valence-corrected chi connectivity index (χ3v) is 1.39. The molecule has 1 nitrogen and oxygen atoms in total. The molecule has 0 aliphatic rings. The summed E-state index contributed by atoms with van der Waals surface area (Å²) >= 11 is 0. The van der Waals surface area contributed by atoms with E-state index in [1.807, 2.05) is 6.92 Å². The van der Waals surface area contributed by atoms with Gasteiger partial charge in [0.2, 0.25) is 0 Å². The predicted molar refractivity (Wildman–Crippen MR) is 36.1 cm³/mol. The van der Waals surface area contributed by atoms with Crippen LogP contribution in [-0.4, -0.2) is 17.9 Å². The first-order valence-corrected chi connectivity index (χ1v) is 3.55. The van der Waals surface area contributed by atoms with Crippen LogP contribution in [0.5, 0.6) is 0 Å². The van der Waals surface area contributed by atoms with E-state index in [4.69, 9.17) is 5.11 Å². The van der Waals surface area contributed by atoms with Crippen LogP contribution in [0.3, 0.4) is 0 Å². The van der Waals surface area contributed by atoms with Crippen molar-refractivity contribution in [2.24, 2.45) is 0 Å². The van der Waals surface area contributed by atoms with Gasteiger partial charge in [-0.1, -0.05) is 6.92 Å². The van der Waals surface area contributed by atoms with Gasteiger partial charge in [0.1, 0.15) is 0 Å². The topological polar surface area (TPSA) is 20.2 Å². The summed E-state index contributed by atoms with van der Waals surface area (Å²) in [7, 11) is 0. The maximum Gasteiger partial charge on any atom is 0.0894 e. The van der Waals surface area contributed by atoms with Crippen LogP contribution in [-0.2, 0) is 0 Å². The monoisotopic (exact) mass is 134 g/mol. The molecule has 1 N–H and O–H groups in total. The van der Waals surface area contributed by atoms with Crippen LogP contribution in [0.1, 0.15) is 32.6 Å². The molecule has 0 aromatic carbocycles. The maximum atomic E-state index is 11.5. The predicted octanol–water partition coefficient (Wildman–Crippen LogP) is 1.90. The van der Waals surface area contributed by atoms with Gasteiger partial charge in [-0.15, -0.1) is 0 Å². The molecule has 0 rings (SSSR count). The summed E-state index contributed by atoms with van der Waals surface area (Å²) in [6.45, 7) is 1.68. The lowest BCUT2D eigenvalue weighted by Gasteiger charge is -2.04. The van der Waals surface area contributed by atoms with Gasteiger partial charge in [-0.3, -0.25) is 4.39 Å². The van der Waals surface area contributed by atoms with Gasteiger partial charge in [0, 0.05) is 0 Å². The first-order valence-electron chi connectivity index (χ1n) is 3.55. The highest BCUT2D eigenvalue weighted by Gasteiger charge is 1.98. The average molecular weight is 134 g/mol. The smallest absolute Gasteiger partial charge is 0.0894 e. The van der Waals surface area contributed by atoms with Crippen molar-refractivity contribution in [3.05, 3.63) is 0 Å². The number of hydrogen-bond donors (Lipinski definition) is 1. The SMILES string of the molecule is CCC(O)CCCCF. The molecule has 9 heavy (non-hydrogen) atoms. The molecule has 1 atom stereocenters. The highest BCUT2D eigenvalue weighted by atomic mass is 19.1. The molecular weight excluding hydrogens is 119 g/mol. The first-order chi connectivity index (χ1) is 4.31. The number of unbranched alkanes of at least 4 members (excludes halogenated alkanes) is 1. The van der Waals surface area contributed by atoms with Crippen molar-refractivity contribution in [3.8, 4) is 0 Å². The fourth-order valence-electron chi connectivity index (χ4n) is 0.679. The molecule has 0 aliphatic heterocycles. The molecule has 0 aromatic rings. The number of hydrogen-bond acceptors (Lipinski definition) is 1. The third-order valence-electron chi connectivity index (χ3n) is 1.39. The fourth-order valence-corrected chi connectivity index (χ4v) is 0.679. The minimum atomic E-state index is -0.254. The number of aliphatic hydroxyl groups is 1. The van der Waals surface area contributed by atoms with E-state index in [0.29, 0.717) is 6.42 Å². The number of halogens is 1. The Labute approximate surface area is 55.9 Å². The molecular formula is C7H15FO. The lowest BCUT2D eigenvalue weighted by atomic mass is 10.1. The van der Waals surface area contributed by atoms with E-state index in [0.717, 1.165) is 19.3 Å². The molecule has 0 aromatic heterocycles. The lowest BCUT2D eigenvalue weighted by Crippen LogP contribution is -2.03. The standard InChI is InChI=1S/C7H15FO/c1-2-7(9)5-3-4-6-8/h7,9H,2-6H2,1H3. The van der Waals surface area contributed by atoms with Gasteiger partial charge >= 0.3 is 0 Å². The van der Waals surface area contributed by atoms with E-state index >= 15 is 0 Å². The van der Waals surface area contributed by atoms with Crippen LogP contribution in [0, 0.1) is 0 Å². The second-order valence-electron chi connectivity index (χ2n) is 2.25. The Hall–Kier alpha value is -0.110. The molecule has 0 amide bonds. The van der Waals surface area contributed by atoms with Crippen molar-refractivity contribution < 1.29 is 9.50 Å². The molecule has 0 heterocycles. The summed E-state index contributed by atoms with van der Waals surface area (Å²) in [5, 5.41) is 8.96. The van der Waals surface area contributed by atoms with Crippen LogP contribution < -0.4 is 0 Å². The maximum absolute atomic E-state index is 11.5. The third kappa shape index (κ3) is 5.77. The van der Waals surface area contributed by atoms with Gasteiger partial charge in [-0.25, -0.2) is 0 Å². The van der Waals surface area contributed by atoms with E-state index in [2.05, 4.69) is 0 Å². The molecule has 0 radical (unpaired) electrons. The van der Waals surface area contributed by atoms with E-state index in [1.165, 1.54) is 0 Å². The summed E-state index contributed by atoms with van der Waals surface area (Å²) in [6.07, 6.45) is 2.73. The van der Waals surface area contributed by atoms with E-state index in [9.17, 15) is 4.39 Å². The molecule has 0 fully saturated rings. The zero-order chi connectivity index (χ0) is 7.11. The minimum absolute atomic E-state index is 0.212. The van der Waals surface area contributed by atoms with E-state index in [-0.39, 0.29) is 12.8 Å². The van der Waals surface area contributed by atoms with Crippen molar-refractivity contribution in [1.82, 2.24) is 0 Å². The molecule has 2 heteroatoms. The van der Waals surface area contributed by atoms with Gasteiger partial charge < -0.3 is 5.11 Å². The summed E-state index contributed by atoms with van der Waals surface area (Å²) in [4.78, 5) is 0. The van der Waals surface area contributed by atoms with Crippen LogP contribution >= 0.6 is 0 Å². The van der Waals surface area contributed by atoms with Crippen LogP contribution in [0.15, 0.2) is 0 Å². The zero-order valence-corrected chi connectivity index (χ0v) is 5.94. The lowest BCUT2D eigenvalue weighted by molar-refractivity contribution is 0.156. The second-order valence-corrected chi connectivity index (χ2v) is 2.25. The Morgan fingerprint density at radius 1 is 1.44 bits per heavy atom. The summed E-state index contributed by atoms with van der Waals surface area (Å²) in [6, 6.07) is 0. The molecule has 0 aliphatic carbocycles. The Morgan fingerprint density at radius 3 is 2.56 bits per heavy atom. The summed E-state index contributed by atoms with van der Waals surface area (Å²) < 4.78 is 11.5. The largest absolute Gasteiger partial charge is 0.393 e. The minimum Gasteiger partial charge on any atom is -0.393 e. The first kappa shape index (κ1) is 8.89. The quantitative estimate of drug-likeness (QED) is 0.569. The van der Waals surface area contributed by atoms with Crippen LogP contribution in [0.25, 0.3) is 0 Å². The van der Waals surface area contributed by atoms with E-state index < -0.39 is 0 Å². The van der Waals surface area contributed by atoms with Crippen molar-refractivity contribution in [2.45, 2.75) is 38.7 Å². The summed E-state index contributed by atoms with van der Waals surface area (Å²) in [5.74, 6) is 0. The van der Waals surface area contributed by atoms with Crippen molar-refractivity contribution in [3.63, 3.8) is 0 Å². The molecule has 0 bridgehead atoms. The van der Waals surface area contributed by atoms with Gasteiger partial charge in [-0.2, -0.15) is 0 Å². The molecule has 56 valence electrons. The van der Waals surface area contributed by atoms with E-state index in [1.54, 1.807) is 0 Å². The average Bonchev–Trinajstić information content (AvgIpc) is 1.89. The van der Waals surface area contributed by atoms with Gasteiger partial charge in [0.25, 0.3) is 0 Å². The Bertz CT molecular complexity index is 56.9. The van der Waals surface area contributed by atoms with Gasteiger partial charge in [0.15, 0.2) is 0 Å². The Morgan fingerprint density at radius 2 is 2.11 bits per heavy atom. The van der Waals surface area contributed by atoms with Crippen LogP contribution in [0.2, 0.25) is 0 Å². The van der Waals surface area contributed by atoms with Crippen molar-refractivity contribution in [1.29, 1.82) is 0 Å². The fraction of sp³-hybridized carbons (Fsp3) is 1.00. The Balaban J connectivity index is 2.88. The van der Waals surface area contributed by atoms with Crippen molar-refractivity contribution in [2.75, 3.05) is 6.67 Å².